The summed E-state index contributed by atoms with van der Waals surface area (Å²) < 4.78 is 0. The minimum absolute atomic E-state index is 0.291. The van der Waals surface area contributed by atoms with Crippen molar-refractivity contribution in [2.24, 2.45) is 9.98 Å². The molecule has 33 heavy (non-hydrogen) atoms. The zero-order chi connectivity index (χ0) is 22.9. The number of rotatable bonds is 4. The SMILES string of the molecule is Cc1ccc2cc(C([O-])=NC3=CCCCC3=NC(O)c3nc4c(s3)CN(C)CC4)ccc2c1. The van der Waals surface area contributed by atoms with Crippen LogP contribution in [0.5, 0.6) is 0 Å². The quantitative estimate of drug-likeness (QED) is 0.474. The van der Waals surface area contributed by atoms with Gasteiger partial charge in [0.05, 0.1) is 17.1 Å². The van der Waals surface area contributed by atoms with Gasteiger partial charge in [-0.2, -0.15) is 0 Å². The summed E-state index contributed by atoms with van der Waals surface area (Å²) in [5.41, 5.74) is 4.04. The van der Waals surface area contributed by atoms with Crippen LogP contribution in [0.15, 0.2) is 58.2 Å². The molecule has 6 nitrogen and oxygen atoms in total. The van der Waals surface area contributed by atoms with Crippen molar-refractivity contribution in [1.29, 1.82) is 0 Å². The van der Waals surface area contributed by atoms with E-state index in [0.717, 1.165) is 48.8 Å². The number of aryl methyl sites for hydroxylation is 1. The number of aliphatic hydroxyl groups excluding tert-OH is 1. The minimum atomic E-state index is -1.03. The number of thiazole rings is 1. The number of aromatic nitrogens is 1. The normalized spacial score (nSPS) is 19.5. The Morgan fingerprint density at radius 2 is 2.00 bits per heavy atom. The molecular formula is C26H27N4O2S-. The molecule has 2 heterocycles. The van der Waals surface area contributed by atoms with E-state index in [1.165, 1.54) is 21.8 Å². The van der Waals surface area contributed by atoms with Crippen molar-refractivity contribution in [2.75, 3.05) is 13.6 Å². The summed E-state index contributed by atoms with van der Waals surface area (Å²) >= 11 is 1.52. The smallest absolute Gasteiger partial charge is 0.198 e. The number of hydrogen-bond donors (Lipinski definition) is 1. The van der Waals surface area contributed by atoms with Crippen LogP contribution in [-0.4, -0.2) is 40.2 Å². The van der Waals surface area contributed by atoms with Gasteiger partial charge in [-0.25, -0.2) is 9.98 Å². The number of aliphatic hydroxyl groups is 1. The molecule has 7 heteroatoms. The second-order valence-corrected chi connectivity index (χ2v) is 9.94. The number of hydrogen-bond acceptors (Lipinski definition) is 7. The Labute approximate surface area is 197 Å². The average Bonchev–Trinajstić information content (AvgIpc) is 3.23. The summed E-state index contributed by atoms with van der Waals surface area (Å²) in [7, 11) is 2.09. The molecule has 1 aliphatic heterocycles. The van der Waals surface area contributed by atoms with Crippen molar-refractivity contribution in [3.63, 3.8) is 0 Å². The van der Waals surface area contributed by atoms with E-state index in [9.17, 15) is 10.2 Å². The van der Waals surface area contributed by atoms with E-state index in [1.54, 1.807) is 0 Å². The molecule has 1 unspecified atom stereocenters. The molecule has 1 aliphatic carbocycles. The van der Waals surface area contributed by atoms with Crippen molar-refractivity contribution in [2.45, 2.75) is 45.4 Å². The summed E-state index contributed by atoms with van der Waals surface area (Å²) in [6.45, 7) is 3.89. The second kappa shape index (κ2) is 9.17. The lowest BCUT2D eigenvalue weighted by atomic mass is 10.0. The predicted octanol–water partition coefficient (Wildman–Crippen LogP) is 3.90. The van der Waals surface area contributed by atoms with Gasteiger partial charge in [0.15, 0.2) is 6.23 Å². The molecule has 2 aliphatic rings. The van der Waals surface area contributed by atoms with Crippen LogP contribution < -0.4 is 5.11 Å². The second-order valence-electron chi connectivity index (χ2n) is 8.82. The van der Waals surface area contributed by atoms with Crippen LogP contribution in [0.4, 0.5) is 0 Å². The van der Waals surface area contributed by atoms with Gasteiger partial charge in [0, 0.05) is 24.4 Å². The zero-order valence-electron chi connectivity index (χ0n) is 18.9. The largest absolute Gasteiger partial charge is 0.858 e. The first kappa shape index (κ1) is 21.9. The lowest BCUT2D eigenvalue weighted by Gasteiger charge is -2.20. The maximum absolute atomic E-state index is 12.9. The molecule has 3 aromatic rings. The first-order valence-corrected chi connectivity index (χ1v) is 12.2. The maximum Gasteiger partial charge on any atom is 0.198 e. The van der Waals surface area contributed by atoms with E-state index in [4.69, 9.17) is 0 Å². The fraction of sp³-hybridized carbons (Fsp3) is 0.346. The van der Waals surface area contributed by atoms with Crippen LogP contribution in [0.25, 0.3) is 10.8 Å². The fourth-order valence-corrected chi connectivity index (χ4v) is 5.44. The maximum atomic E-state index is 12.9. The van der Waals surface area contributed by atoms with Crippen molar-refractivity contribution in [3.8, 4) is 0 Å². The third-order valence-corrected chi connectivity index (χ3v) is 7.28. The highest BCUT2D eigenvalue weighted by atomic mass is 32.1. The topological polar surface area (TPSA) is 84.1 Å². The Kier molecular flexibility index (Phi) is 6.10. The molecule has 2 aromatic carbocycles. The van der Waals surface area contributed by atoms with E-state index in [0.29, 0.717) is 28.4 Å². The predicted molar refractivity (Wildman–Crippen MR) is 132 cm³/mol. The molecule has 0 amide bonds. The van der Waals surface area contributed by atoms with Crippen LogP contribution in [-0.2, 0) is 13.0 Å². The molecule has 0 saturated heterocycles. The highest BCUT2D eigenvalue weighted by molar-refractivity contribution is 7.11. The number of likely N-dealkylation sites (N-methyl/N-ethyl adjacent to an activating group) is 1. The van der Waals surface area contributed by atoms with Crippen LogP contribution in [0, 0.1) is 6.92 Å². The summed E-state index contributed by atoms with van der Waals surface area (Å²) in [6.07, 6.45) is 4.26. The first-order chi connectivity index (χ1) is 16.0. The summed E-state index contributed by atoms with van der Waals surface area (Å²) in [6, 6.07) is 11.8. The minimum Gasteiger partial charge on any atom is -0.858 e. The van der Waals surface area contributed by atoms with E-state index < -0.39 is 6.23 Å². The molecule has 0 saturated carbocycles. The van der Waals surface area contributed by atoms with Gasteiger partial charge < -0.3 is 15.1 Å². The van der Waals surface area contributed by atoms with E-state index in [1.807, 2.05) is 36.4 Å². The average molecular weight is 460 g/mol. The number of benzene rings is 2. The van der Waals surface area contributed by atoms with Gasteiger partial charge in [-0.05, 0) is 61.5 Å². The lowest BCUT2D eigenvalue weighted by Crippen LogP contribution is -2.25. The number of aliphatic imine (C=N–C) groups is 2. The molecule has 0 radical (unpaired) electrons. The molecule has 170 valence electrons. The third kappa shape index (κ3) is 4.76. The van der Waals surface area contributed by atoms with Crippen molar-refractivity contribution in [1.82, 2.24) is 9.88 Å². The first-order valence-electron chi connectivity index (χ1n) is 11.3. The molecule has 1 aromatic heterocycles. The zero-order valence-corrected chi connectivity index (χ0v) is 19.7. The monoisotopic (exact) mass is 459 g/mol. The third-order valence-electron chi connectivity index (χ3n) is 6.15. The van der Waals surface area contributed by atoms with Crippen LogP contribution in [0.2, 0.25) is 0 Å². The van der Waals surface area contributed by atoms with Crippen LogP contribution in [0.3, 0.4) is 0 Å². The molecule has 5 rings (SSSR count). The van der Waals surface area contributed by atoms with Gasteiger partial charge >= 0.3 is 0 Å². The number of fused-ring (bicyclic) bond motifs is 2. The number of nitrogens with zero attached hydrogens (tertiary/aromatic N) is 4. The molecule has 0 bridgehead atoms. The molecule has 0 spiro atoms. The van der Waals surface area contributed by atoms with Gasteiger partial charge in [0.1, 0.15) is 5.01 Å². The summed E-state index contributed by atoms with van der Waals surface area (Å²) in [4.78, 5) is 17.0. The van der Waals surface area contributed by atoms with Crippen LogP contribution >= 0.6 is 11.3 Å². The Bertz CT molecular complexity index is 1290. The Balaban J connectivity index is 1.40. The lowest BCUT2D eigenvalue weighted by molar-refractivity contribution is -0.212. The van der Waals surface area contributed by atoms with Gasteiger partial charge in [0.25, 0.3) is 0 Å². The van der Waals surface area contributed by atoms with Gasteiger partial charge in [-0.3, -0.25) is 4.99 Å². The fourth-order valence-electron chi connectivity index (χ4n) is 4.32. The van der Waals surface area contributed by atoms with Crippen molar-refractivity contribution in [3.05, 3.63) is 74.9 Å². The summed E-state index contributed by atoms with van der Waals surface area (Å²) in [5.74, 6) is -0.291. The number of allylic oxidation sites excluding steroid dienone is 2. The Morgan fingerprint density at radius 3 is 2.88 bits per heavy atom. The van der Waals surface area contributed by atoms with Crippen molar-refractivity contribution >= 4 is 33.7 Å². The van der Waals surface area contributed by atoms with Gasteiger partial charge in [-0.15, -0.1) is 11.3 Å². The Hall–Kier alpha value is -2.87. The van der Waals surface area contributed by atoms with Gasteiger partial charge in [0.2, 0.25) is 0 Å². The Morgan fingerprint density at radius 1 is 1.18 bits per heavy atom. The van der Waals surface area contributed by atoms with Gasteiger partial charge in [-0.1, -0.05) is 42.0 Å². The standard InChI is InChI=1S/C26H28N4O2S/c1-16-7-8-18-14-19(10-9-17(18)13-16)24(31)27-20-5-3-4-6-21(20)28-25(32)26-29-22-11-12-30(2)15-23(22)33-26/h5,7-10,13-14,25,32H,3-4,6,11-12,15H2,1-2H3,(H,27,31)/p-1. The van der Waals surface area contributed by atoms with E-state index in [-0.39, 0.29) is 5.90 Å². The highest BCUT2D eigenvalue weighted by Gasteiger charge is 2.22. The molecule has 0 fully saturated rings. The van der Waals surface area contributed by atoms with Crippen molar-refractivity contribution < 1.29 is 10.2 Å². The molecular weight excluding hydrogens is 432 g/mol. The van der Waals surface area contributed by atoms with E-state index in [2.05, 4.69) is 39.9 Å². The highest BCUT2D eigenvalue weighted by Crippen LogP contribution is 2.30. The molecule has 1 atom stereocenters. The molecule has 1 N–H and O–H groups in total. The summed E-state index contributed by atoms with van der Waals surface area (Å²) in [5, 5.41) is 26.5. The van der Waals surface area contributed by atoms with Crippen LogP contribution in [0.1, 0.15) is 52.2 Å². The van der Waals surface area contributed by atoms with E-state index >= 15 is 0 Å².